The molecule has 3 atom stereocenters. The van der Waals surface area contributed by atoms with Gasteiger partial charge in [0.1, 0.15) is 28.4 Å². The largest absolute Gasteiger partial charge is 0.507 e. The summed E-state index contributed by atoms with van der Waals surface area (Å²) in [7, 11) is 0. The second-order valence-electron chi connectivity index (χ2n) is 13.3. The number of ether oxygens (including phenoxy) is 1. The third-order valence-electron chi connectivity index (χ3n) is 9.00. The summed E-state index contributed by atoms with van der Waals surface area (Å²) in [4.78, 5) is 10.3. The van der Waals surface area contributed by atoms with E-state index in [1.165, 1.54) is 69.1 Å². The minimum atomic E-state index is -1.11. The normalized spacial score (nSPS) is 17.7. The predicted molar refractivity (Wildman–Crippen MR) is 169 cm³/mol. The lowest BCUT2D eigenvalue weighted by molar-refractivity contribution is 0.0511. The molecule has 3 rings (SSSR count). The number of carboxylic acids is 1. The molecule has 0 aliphatic carbocycles. The van der Waals surface area contributed by atoms with Crippen molar-refractivity contribution in [3.63, 3.8) is 0 Å². The topological polar surface area (TPSA) is 87.0 Å². The summed E-state index contributed by atoms with van der Waals surface area (Å²) < 4.78 is 6.60. The smallest absolute Gasteiger partial charge is 0.339 e. The van der Waals surface area contributed by atoms with E-state index in [4.69, 9.17) is 14.9 Å². The van der Waals surface area contributed by atoms with E-state index in [0.717, 1.165) is 59.5 Å². The Morgan fingerprint density at radius 1 is 0.854 bits per heavy atom. The number of rotatable bonds is 13. The summed E-state index contributed by atoms with van der Waals surface area (Å²) >= 11 is 0. The lowest BCUT2D eigenvalue weighted by Crippen LogP contribution is -2.37. The summed E-state index contributed by atoms with van der Waals surface area (Å²) in [5.74, 6) is 2.72. The Morgan fingerprint density at radius 3 is 1.95 bits per heavy atom. The number of aromatic carboxylic acids is 1. The number of carbonyl (C=O) groups is 1. The van der Waals surface area contributed by atoms with Crippen molar-refractivity contribution in [3.05, 3.63) is 52.1 Å². The molecule has 41 heavy (non-hydrogen) atoms. The molecule has 0 saturated heterocycles. The minimum Gasteiger partial charge on any atom is -0.507 e. The second-order valence-corrected chi connectivity index (χ2v) is 13.3. The van der Waals surface area contributed by atoms with Gasteiger partial charge in [0.25, 0.3) is 0 Å². The highest BCUT2D eigenvalue weighted by atomic mass is 16.5. The van der Waals surface area contributed by atoms with Gasteiger partial charge in [0.05, 0.1) is 0 Å². The van der Waals surface area contributed by atoms with Gasteiger partial charge in [-0.05, 0) is 100.0 Å². The molecule has 0 spiro atoms. The van der Waals surface area contributed by atoms with Crippen LogP contribution in [0.5, 0.6) is 17.2 Å². The Morgan fingerprint density at radius 2 is 1.41 bits per heavy atom. The Bertz CT molecular complexity index is 1120. The van der Waals surface area contributed by atoms with Gasteiger partial charge in [-0.2, -0.15) is 0 Å². The first kappa shape index (κ1) is 34.5. The Balaban J connectivity index is 0.000000493. The number of aromatic hydroxyl groups is 2. The van der Waals surface area contributed by atoms with Gasteiger partial charge in [-0.25, -0.2) is 4.79 Å². The number of fused-ring (bicyclic) bond motifs is 1. The molecule has 0 radical (unpaired) electrons. The highest BCUT2D eigenvalue weighted by molar-refractivity contribution is 5.90. The molecule has 0 aromatic heterocycles. The van der Waals surface area contributed by atoms with Crippen LogP contribution in [0.25, 0.3) is 0 Å². The van der Waals surface area contributed by atoms with E-state index in [1.54, 1.807) is 12.1 Å². The van der Waals surface area contributed by atoms with Crippen LogP contribution in [-0.2, 0) is 6.42 Å². The highest BCUT2D eigenvalue weighted by Gasteiger charge is 2.34. The molecule has 0 saturated carbocycles. The number of phenolic OH excluding ortho intramolecular Hbond substituents is 1. The molecule has 5 heteroatoms. The van der Waals surface area contributed by atoms with Crippen LogP contribution in [0.3, 0.4) is 0 Å². The monoisotopic (exact) mass is 568 g/mol. The van der Waals surface area contributed by atoms with Crippen LogP contribution >= 0.6 is 0 Å². The summed E-state index contributed by atoms with van der Waals surface area (Å²) in [6, 6.07) is 5.81. The molecular weight excluding hydrogens is 512 g/mol. The summed E-state index contributed by atoms with van der Waals surface area (Å²) in [6.07, 6.45) is 14.1. The fraction of sp³-hybridized carbons (Fsp3) is 0.639. The number of para-hydroxylation sites is 1. The molecule has 0 amide bonds. The zero-order valence-corrected chi connectivity index (χ0v) is 27.0. The number of hydrogen-bond acceptors (Lipinski definition) is 4. The van der Waals surface area contributed by atoms with Gasteiger partial charge in [0, 0.05) is 5.56 Å². The van der Waals surface area contributed by atoms with E-state index in [9.17, 15) is 9.90 Å². The van der Waals surface area contributed by atoms with Crippen LogP contribution in [-0.4, -0.2) is 26.9 Å². The molecular formula is C36H56O5. The molecule has 230 valence electrons. The van der Waals surface area contributed by atoms with Gasteiger partial charge in [-0.3, -0.25) is 0 Å². The van der Waals surface area contributed by atoms with Gasteiger partial charge in [0.15, 0.2) is 0 Å². The molecule has 1 aliphatic heterocycles. The Labute approximate surface area is 249 Å². The molecule has 0 bridgehead atoms. The van der Waals surface area contributed by atoms with Gasteiger partial charge < -0.3 is 20.1 Å². The third-order valence-corrected chi connectivity index (χ3v) is 9.00. The average Bonchev–Trinajstić information content (AvgIpc) is 2.91. The maximum absolute atomic E-state index is 10.4. The molecule has 1 heterocycles. The van der Waals surface area contributed by atoms with E-state index in [2.05, 4.69) is 41.5 Å². The zero-order chi connectivity index (χ0) is 30.7. The van der Waals surface area contributed by atoms with Crippen LogP contribution in [0.4, 0.5) is 0 Å². The standard InChI is InChI=1S/C29H50O2.C7H6O3/c1-20(2)12-9-13-21(3)14-10-15-22(4)16-11-18-29(8)19-17-26-25(7)27(30)23(5)24(6)28(26)31-29;8-6-4-2-1-3-5(6)7(9)10/h20-22,30H,9-19H2,1-8H3;1-4,8H,(H,9,10)/t21?,22?,29-;/m1./s1. The van der Waals surface area contributed by atoms with E-state index < -0.39 is 5.97 Å². The predicted octanol–water partition coefficient (Wildman–Crippen LogP) is 9.93. The number of phenols is 2. The number of hydrogen-bond donors (Lipinski definition) is 3. The molecule has 2 aromatic carbocycles. The van der Waals surface area contributed by atoms with Crippen molar-refractivity contribution in [2.45, 2.75) is 132 Å². The van der Waals surface area contributed by atoms with E-state index >= 15 is 0 Å². The van der Waals surface area contributed by atoms with Crippen LogP contribution in [0, 0.1) is 38.5 Å². The van der Waals surface area contributed by atoms with E-state index in [0.29, 0.717) is 5.75 Å². The van der Waals surface area contributed by atoms with Crippen LogP contribution in [0.15, 0.2) is 24.3 Å². The average molecular weight is 569 g/mol. The van der Waals surface area contributed by atoms with Crippen molar-refractivity contribution in [2.24, 2.45) is 17.8 Å². The van der Waals surface area contributed by atoms with Gasteiger partial charge in [0.2, 0.25) is 0 Å². The fourth-order valence-corrected chi connectivity index (χ4v) is 5.93. The minimum absolute atomic E-state index is 0.0671. The highest BCUT2D eigenvalue weighted by Crippen LogP contribution is 2.44. The van der Waals surface area contributed by atoms with Crippen LogP contribution in [0.2, 0.25) is 0 Å². The number of carboxylic acid groups (broad SMARTS) is 1. The van der Waals surface area contributed by atoms with Crippen molar-refractivity contribution in [1.82, 2.24) is 0 Å². The number of benzene rings is 2. The SMILES string of the molecule is Cc1c(C)c2c(c(C)c1O)CC[C@@](C)(CCCC(C)CCCC(C)CCCC(C)C)O2.O=C(O)c1ccccc1O. The van der Waals surface area contributed by atoms with Gasteiger partial charge in [-0.15, -0.1) is 0 Å². The van der Waals surface area contributed by atoms with Crippen LogP contribution < -0.4 is 4.74 Å². The summed E-state index contributed by atoms with van der Waals surface area (Å²) in [5.41, 5.74) is 4.16. The summed E-state index contributed by atoms with van der Waals surface area (Å²) in [6.45, 7) is 17.9. The maximum atomic E-state index is 10.4. The van der Waals surface area contributed by atoms with Crippen molar-refractivity contribution >= 4 is 5.97 Å². The first-order chi connectivity index (χ1) is 19.3. The summed E-state index contributed by atoms with van der Waals surface area (Å²) in [5, 5.41) is 27.7. The molecule has 0 fully saturated rings. The van der Waals surface area contributed by atoms with E-state index in [-0.39, 0.29) is 16.9 Å². The molecule has 5 nitrogen and oxygen atoms in total. The van der Waals surface area contributed by atoms with Crippen molar-refractivity contribution < 1.29 is 24.9 Å². The second kappa shape index (κ2) is 16.1. The Hall–Kier alpha value is -2.69. The van der Waals surface area contributed by atoms with Crippen molar-refractivity contribution in [1.29, 1.82) is 0 Å². The van der Waals surface area contributed by atoms with Crippen LogP contribution in [0.1, 0.15) is 131 Å². The lowest BCUT2D eigenvalue weighted by atomic mass is 9.84. The zero-order valence-electron chi connectivity index (χ0n) is 27.0. The molecule has 2 unspecified atom stereocenters. The van der Waals surface area contributed by atoms with Crippen molar-refractivity contribution in [2.75, 3.05) is 0 Å². The van der Waals surface area contributed by atoms with Crippen molar-refractivity contribution in [3.8, 4) is 17.2 Å². The molecule has 1 aliphatic rings. The van der Waals surface area contributed by atoms with Gasteiger partial charge in [-0.1, -0.05) is 84.8 Å². The molecule has 2 aromatic rings. The Kier molecular flexibility index (Phi) is 13.5. The lowest BCUT2D eigenvalue weighted by Gasteiger charge is -2.38. The molecule has 3 N–H and O–H groups in total. The first-order valence-electron chi connectivity index (χ1n) is 15.8. The van der Waals surface area contributed by atoms with E-state index in [1.807, 2.05) is 13.8 Å². The fourth-order valence-electron chi connectivity index (χ4n) is 5.93. The maximum Gasteiger partial charge on any atom is 0.339 e. The first-order valence-corrected chi connectivity index (χ1v) is 15.8. The third kappa shape index (κ3) is 10.6. The van der Waals surface area contributed by atoms with Gasteiger partial charge >= 0.3 is 5.97 Å². The quantitative estimate of drug-likeness (QED) is 0.224.